The fourth-order valence-electron chi connectivity index (χ4n) is 3.59. The van der Waals surface area contributed by atoms with E-state index in [0.29, 0.717) is 11.3 Å². The third kappa shape index (κ3) is 3.65. The normalized spacial score (nSPS) is 16.6. The molecule has 0 radical (unpaired) electrons. The monoisotopic (exact) mass is 437 g/mol. The van der Waals surface area contributed by atoms with Crippen LogP contribution >= 0.6 is 11.3 Å². The Kier molecular flexibility index (Phi) is 4.70. The smallest absolute Gasteiger partial charge is 0.236 e. The van der Waals surface area contributed by atoms with Crippen molar-refractivity contribution in [1.29, 1.82) is 0 Å². The van der Waals surface area contributed by atoms with Crippen LogP contribution in [0, 0.1) is 11.8 Å². The minimum absolute atomic E-state index is 0.268. The molecule has 0 saturated carbocycles. The minimum Gasteiger partial charge on any atom is -0.339 e. The van der Waals surface area contributed by atoms with Gasteiger partial charge in [0.25, 0.3) is 0 Å². The topological polar surface area (TPSA) is 88.9 Å². The summed E-state index contributed by atoms with van der Waals surface area (Å²) in [7, 11) is -3.34. The van der Waals surface area contributed by atoms with Gasteiger partial charge in [-0.2, -0.15) is 0 Å². The van der Waals surface area contributed by atoms with E-state index in [0.717, 1.165) is 39.1 Å². The minimum atomic E-state index is -3.34. The SMILES string of the molecule is CS(=O)(=O)n1ccc2cc(Nc3ncnc4cc(C#C[C@H]5CCCN5)sc34)ccc21. The molecule has 4 aromatic rings. The number of aromatic nitrogens is 3. The molecule has 1 aromatic carbocycles. The highest BCUT2D eigenvalue weighted by molar-refractivity contribution is 7.89. The molecule has 1 aliphatic rings. The quantitative estimate of drug-likeness (QED) is 0.478. The average molecular weight is 438 g/mol. The van der Waals surface area contributed by atoms with E-state index >= 15 is 0 Å². The highest BCUT2D eigenvalue weighted by Crippen LogP contribution is 2.31. The number of thiophene rings is 1. The lowest BCUT2D eigenvalue weighted by molar-refractivity contribution is 0.595. The number of hydrogen-bond donors (Lipinski definition) is 2. The number of nitrogens with one attached hydrogen (secondary N) is 2. The molecule has 5 rings (SSSR count). The number of rotatable bonds is 3. The predicted molar refractivity (Wildman–Crippen MR) is 121 cm³/mol. The second-order valence-electron chi connectivity index (χ2n) is 7.24. The van der Waals surface area contributed by atoms with Gasteiger partial charge >= 0.3 is 0 Å². The Labute approximate surface area is 178 Å². The molecule has 2 N–H and O–H groups in total. The number of hydrogen-bond acceptors (Lipinski definition) is 7. The molecule has 7 nitrogen and oxygen atoms in total. The van der Waals surface area contributed by atoms with E-state index < -0.39 is 10.0 Å². The summed E-state index contributed by atoms with van der Waals surface area (Å²) >= 11 is 1.57. The van der Waals surface area contributed by atoms with Gasteiger partial charge in [-0.05, 0) is 49.7 Å². The van der Waals surface area contributed by atoms with Crippen molar-refractivity contribution >= 4 is 54.0 Å². The Bertz CT molecular complexity index is 1420. The summed E-state index contributed by atoms with van der Waals surface area (Å²) in [5.74, 6) is 7.26. The van der Waals surface area contributed by atoms with Crippen molar-refractivity contribution in [3.8, 4) is 11.8 Å². The molecule has 1 aliphatic heterocycles. The largest absolute Gasteiger partial charge is 0.339 e. The first kappa shape index (κ1) is 19.1. The molecule has 1 saturated heterocycles. The van der Waals surface area contributed by atoms with Crippen molar-refractivity contribution in [3.05, 3.63) is 47.7 Å². The molecule has 0 spiro atoms. The molecule has 3 aromatic heterocycles. The average Bonchev–Trinajstić information content (AvgIpc) is 3.44. The van der Waals surface area contributed by atoms with E-state index in [1.165, 1.54) is 23.0 Å². The van der Waals surface area contributed by atoms with Crippen molar-refractivity contribution in [2.45, 2.75) is 18.9 Å². The maximum absolute atomic E-state index is 11.9. The van der Waals surface area contributed by atoms with Crippen molar-refractivity contribution in [1.82, 2.24) is 19.3 Å². The van der Waals surface area contributed by atoms with Gasteiger partial charge in [0.05, 0.1) is 32.9 Å². The summed E-state index contributed by atoms with van der Waals surface area (Å²) < 4.78 is 26.0. The molecule has 1 fully saturated rings. The van der Waals surface area contributed by atoms with E-state index in [4.69, 9.17) is 0 Å². The first-order valence-electron chi connectivity index (χ1n) is 9.55. The summed E-state index contributed by atoms with van der Waals surface area (Å²) in [4.78, 5) is 9.74. The lowest BCUT2D eigenvalue weighted by atomic mass is 10.2. The molecule has 152 valence electrons. The highest BCUT2D eigenvalue weighted by Gasteiger charge is 2.13. The summed E-state index contributed by atoms with van der Waals surface area (Å²) in [5, 5.41) is 7.55. The standard InChI is InChI=1S/C21H19N5O2S2/c1-30(27,28)26-10-8-14-11-16(5-7-19(14)26)25-21-20-18(23-13-24-21)12-17(29-20)6-4-15-3-2-9-22-15/h5,7-8,10-13,15,22H,2-3,9H2,1H3,(H,23,24,25)/t15-/m1/s1. The zero-order valence-corrected chi connectivity index (χ0v) is 17.8. The van der Waals surface area contributed by atoms with E-state index in [2.05, 4.69) is 32.4 Å². The Morgan fingerprint density at radius 2 is 2.17 bits per heavy atom. The van der Waals surface area contributed by atoms with Gasteiger partial charge in [0.1, 0.15) is 6.33 Å². The molecule has 1 atom stereocenters. The molecule has 0 unspecified atom stereocenters. The fourth-order valence-corrected chi connectivity index (χ4v) is 5.31. The second-order valence-corrected chi connectivity index (χ2v) is 10.2. The van der Waals surface area contributed by atoms with Gasteiger partial charge in [0.15, 0.2) is 5.82 Å². The van der Waals surface area contributed by atoms with Gasteiger partial charge < -0.3 is 10.6 Å². The van der Waals surface area contributed by atoms with Crippen LogP contribution in [-0.4, -0.2) is 41.2 Å². The maximum atomic E-state index is 11.9. The van der Waals surface area contributed by atoms with Crippen LogP contribution in [0.4, 0.5) is 11.5 Å². The van der Waals surface area contributed by atoms with Gasteiger partial charge in [0, 0.05) is 17.3 Å². The van der Waals surface area contributed by atoms with E-state index in [1.54, 1.807) is 29.7 Å². The number of fused-ring (bicyclic) bond motifs is 2. The van der Waals surface area contributed by atoms with Crippen LogP contribution in [0.3, 0.4) is 0 Å². The Morgan fingerprint density at radius 3 is 2.97 bits per heavy atom. The lowest BCUT2D eigenvalue weighted by Gasteiger charge is -2.07. The van der Waals surface area contributed by atoms with Crippen LogP contribution in [0.2, 0.25) is 0 Å². The van der Waals surface area contributed by atoms with Crippen molar-refractivity contribution in [3.63, 3.8) is 0 Å². The Balaban J connectivity index is 1.46. The van der Waals surface area contributed by atoms with Crippen molar-refractivity contribution < 1.29 is 8.42 Å². The highest BCUT2D eigenvalue weighted by atomic mass is 32.2. The summed E-state index contributed by atoms with van der Waals surface area (Å²) in [6.07, 6.45) is 6.55. The van der Waals surface area contributed by atoms with Crippen LogP contribution in [0.5, 0.6) is 0 Å². The summed E-state index contributed by atoms with van der Waals surface area (Å²) in [6, 6.07) is 9.59. The van der Waals surface area contributed by atoms with Crippen LogP contribution in [-0.2, 0) is 10.0 Å². The van der Waals surface area contributed by atoms with E-state index in [-0.39, 0.29) is 6.04 Å². The maximum Gasteiger partial charge on any atom is 0.236 e. The summed E-state index contributed by atoms with van der Waals surface area (Å²) in [5.41, 5.74) is 2.32. The molecule has 0 amide bonds. The first-order chi connectivity index (χ1) is 14.5. The first-order valence-corrected chi connectivity index (χ1v) is 12.2. The van der Waals surface area contributed by atoms with Crippen LogP contribution in [0.25, 0.3) is 21.1 Å². The zero-order chi connectivity index (χ0) is 20.7. The van der Waals surface area contributed by atoms with Crippen LogP contribution in [0.1, 0.15) is 17.7 Å². The van der Waals surface area contributed by atoms with Crippen LogP contribution in [0.15, 0.2) is 42.9 Å². The molecule has 9 heteroatoms. The molecule has 30 heavy (non-hydrogen) atoms. The third-order valence-electron chi connectivity index (χ3n) is 5.02. The van der Waals surface area contributed by atoms with E-state index in [1.807, 2.05) is 18.2 Å². The zero-order valence-electron chi connectivity index (χ0n) is 16.2. The number of anilines is 2. The molecule has 4 heterocycles. The number of nitrogens with zero attached hydrogens (tertiary/aromatic N) is 3. The van der Waals surface area contributed by atoms with Gasteiger partial charge in [-0.3, -0.25) is 0 Å². The lowest BCUT2D eigenvalue weighted by Crippen LogP contribution is -2.18. The van der Waals surface area contributed by atoms with Crippen LogP contribution < -0.4 is 10.6 Å². The molecular weight excluding hydrogens is 418 g/mol. The third-order valence-corrected chi connectivity index (χ3v) is 7.10. The van der Waals surface area contributed by atoms with E-state index in [9.17, 15) is 8.42 Å². The van der Waals surface area contributed by atoms with Crippen molar-refractivity contribution in [2.75, 3.05) is 18.1 Å². The molecule has 0 bridgehead atoms. The number of benzene rings is 1. The fraction of sp³-hybridized carbons (Fsp3) is 0.238. The summed E-state index contributed by atoms with van der Waals surface area (Å²) in [6.45, 7) is 1.03. The predicted octanol–water partition coefficient (Wildman–Crippen LogP) is 3.30. The molecular formula is C21H19N5O2S2. The van der Waals surface area contributed by atoms with Gasteiger partial charge in [-0.15, -0.1) is 11.3 Å². The van der Waals surface area contributed by atoms with Crippen molar-refractivity contribution in [2.24, 2.45) is 0 Å². The van der Waals surface area contributed by atoms with Gasteiger partial charge in [0.2, 0.25) is 10.0 Å². The van der Waals surface area contributed by atoms with Gasteiger partial charge in [-0.1, -0.05) is 11.8 Å². The Morgan fingerprint density at radius 1 is 1.27 bits per heavy atom. The van der Waals surface area contributed by atoms with Gasteiger partial charge in [-0.25, -0.2) is 22.4 Å². The Hall–Kier alpha value is -2.93. The second kappa shape index (κ2) is 7.40. The molecule has 0 aliphatic carbocycles.